The SMILES string of the molecule is COc1ccc(-c2noc(Cc3nc(-c4ccc(Cl)cc4)cs3)n2)cc1. The highest BCUT2D eigenvalue weighted by Crippen LogP contribution is 2.25. The molecule has 0 aliphatic carbocycles. The minimum absolute atomic E-state index is 0.501. The highest BCUT2D eigenvalue weighted by molar-refractivity contribution is 7.10. The van der Waals surface area contributed by atoms with Crippen molar-refractivity contribution < 1.29 is 9.26 Å². The molecular weight excluding hydrogens is 370 g/mol. The zero-order valence-electron chi connectivity index (χ0n) is 13.8. The molecule has 0 saturated carbocycles. The van der Waals surface area contributed by atoms with Gasteiger partial charge in [0.05, 0.1) is 19.2 Å². The molecule has 0 fully saturated rings. The van der Waals surface area contributed by atoms with Gasteiger partial charge in [0.25, 0.3) is 0 Å². The summed E-state index contributed by atoms with van der Waals surface area (Å²) in [5, 5.41) is 7.69. The highest BCUT2D eigenvalue weighted by Gasteiger charge is 2.12. The molecule has 2 heterocycles. The smallest absolute Gasteiger partial charge is 0.233 e. The number of benzene rings is 2. The topological polar surface area (TPSA) is 61.0 Å². The van der Waals surface area contributed by atoms with Crippen LogP contribution in [0.2, 0.25) is 5.02 Å². The van der Waals surface area contributed by atoms with Gasteiger partial charge in [-0.15, -0.1) is 11.3 Å². The monoisotopic (exact) mass is 383 g/mol. The van der Waals surface area contributed by atoms with E-state index in [0.717, 1.165) is 27.6 Å². The van der Waals surface area contributed by atoms with Crippen LogP contribution in [0.3, 0.4) is 0 Å². The number of hydrogen-bond donors (Lipinski definition) is 0. The Balaban J connectivity index is 1.49. The molecule has 4 rings (SSSR count). The van der Waals surface area contributed by atoms with E-state index in [1.165, 1.54) is 0 Å². The minimum Gasteiger partial charge on any atom is -0.497 e. The molecule has 2 aromatic heterocycles. The summed E-state index contributed by atoms with van der Waals surface area (Å²) in [6.45, 7) is 0. The Morgan fingerprint density at radius 3 is 2.46 bits per heavy atom. The first-order valence-corrected chi connectivity index (χ1v) is 9.14. The molecule has 5 nitrogen and oxygen atoms in total. The van der Waals surface area contributed by atoms with Gasteiger partial charge < -0.3 is 9.26 Å². The Morgan fingerprint density at radius 2 is 1.73 bits per heavy atom. The highest BCUT2D eigenvalue weighted by atomic mass is 35.5. The molecule has 0 bridgehead atoms. The van der Waals surface area contributed by atoms with Gasteiger partial charge in [-0.2, -0.15) is 4.98 Å². The first-order chi connectivity index (χ1) is 12.7. The molecular formula is C19H14ClN3O2S. The molecule has 0 radical (unpaired) electrons. The molecule has 130 valence electrons. The van der Waals surface area contributed by atoms with Gasteiger partial charge >= 0.3 is 0 Å². The Kier molecular flexibility index (Phi) is 4.69. The van der Waals surface area contributed by atoms with E-state index in [1.807, 2.05) is 53.9 Å². The maximum absolute atomic E-state index is 5.93. The van der Waals surface area contributed by atoms with Gasteiger partial charge in [0.2, 0.25) is 11.7 Å². The third kappa shape index (κ3) is 3.61. The quantitative estimate of drug-likeness (QED) is 0.479. The Hall–Kier alpha value is -2.70. The van der Waals surface area contributed by atoms with E-state index in [9.17, 15) is 0 Å². The molecule has 0 unspecified atom stereocenters. The lowest BCUT2D eigenvalue weighted by atomic mass is 10.2. The summed E-state index contributed by atoms with van der Waals surface area (Å²) in [7, 11) is 1.63. The van der Waals surface area contributed by atoms with Crippen LogP contribution in [0.1, 0.15) is 10.9 Å². The fourth-order valence-corrected chi connectivity index (χ4v) is 3.38. The molecule has 0 atom stereocenters. The standard InChI is InChI=1S/C19H14ClN3O2S/c1-24-15-8-4-13(5-9-15)19-22-17(25-23-19)10-18-21-16(11-26-18)12-2-6-14(20)7-3-12/h2-9,11H,10H2,1H3. The normalized spacial score (nSPS) is 10.8. The number of ether oxygens (including phenoxy) is 1. The van der Waals surface area contributed by atoms with Gasteiger partial charge in [-0.3, -0.25) is 0 Å². The van der Waals surface area contributed by atoms with E-state index in [-0.39, 0.29) is 0 Å². The molecule has 26 heavy (non-hydrogen) atoms. The van der Waals surface area contributed by atoms with E-state index >= 15 is 0 Å². The van der Waals surface area contributed by atoms with E-state index in [4.69, 9.17) is 20.9 Å². The summed E-state index contributed by atoms with van der Waals surface area (Å²) in [6.07, 6.45) is 0.501. The number of halogens is 1. The summed E-state index contributed by atoms with van der Waals surface area (Å²) in [5.41, 5.74) is 2.82. The van der Waals surface area contributed by atoms with E-state index in [2.05, 4.69) is 15.1 Å². The molecule has 0 saturated heterocycles. The Morgan fingerprint density at radius 1 is 1.00 bits per heavy atom. The van der Waals surface area contributed by atoms with E-state index < -0.39 is 0 Å². The second-order valence-electron chi connectivity index (χ2n) is 5.55. The van der Waals surface area contributed by atoms with Crippen LogP contribution < -0.4 is 4.74 Å². The van der Waals surface area contributed by atoms with Crippen LogP contribution in [-0.2, 0) is 6.42 Å². The lowest BCUT2D eigenvalue weighted by molar-refractivity contribution is 0.385. The molecule has 7 heteroatoms. The fourth-order valence-electron chi connectivity index (χ4n) is 2.46. The fraction of sp³-hybridized carbons (Fsp3) is 0.105. The number of aromatic nitrogens is 3. The summed E-state index contributed by atoms with van der Waals surface area (Å²) >= 11 is 7.49. The van der Waals surface area contributed by atoms with Crippen LogP contribution in [0.5, 0.6) is 5.75 Å². The second kappa shape index (κ2) is 7.27. The van der Waals surface area contributed by atoms with E-state index in [0.29, 0.717) is 23.2 Å². The van der Waals surface area contributed by atoms with Crippen molar-refractivity contribution in [3.63, 3.8) is 0 Å². The first-order valence-electron chi connectivity index (χ1n) is 7.88. The maximum atomic E-state index is 5.93. The molecule has 4 aromatic rings. The Labute approximate surface area is 159 Å². The van der Waals surface area contributed by atoms with Crippen LogP contribution in [-0.4, -0.2) is 22.2 Å². The molecule has 0 spiro atoms. The first kappa shape index (κ1) is 16.8. The van der Waals surface area contributed by atoms with Crippen LogP contribution in [0, 0.1) is 0 Å². The van der Waals surface area contributed by atoms with Crippen molar-refractivity contribution in [2.75, 3.05) is 7.11 Å². The van der Waals surface area contributed by atoms with E-state index in [1.54, 1.807) is 18.4 Å². The zero-order valence-corrected chi connectivity index (χ0v) is 15.4. The molecule has 0 aliphatic rings. The van der Waals surface area contributed by atoms with Crippen molar-refractivity contribution in [2.24, 2.45) is 0 Å². The number of rotatable bonds is 5. The molecule has 0 amide bonds. The predicted octanol–water partition coefficient (Wildman–Crippen LogP) is 5.11. The molecule has 2 aromatic carbocycles. The van der Waals surface area contributed by atoms with Gasteiger partial charge in [0.1, 0.15) is 10.8 Å². The largest absolute Gasteiger partial charge is 0.497 e. The van der Waals surface area contributed by atoms with Gasteiger partial charge in [-0.05, 0) is 36.4 Å². The summed E-state index contributed by atoms with van der Waals surface area (Å²) < 4.78 is 10.5. The number of nitrogens with zero attached hydrogens (tertiary/aromatic N) is 3. The summed E-state index contributed by atoms with van der Waals surface area (Å²) in [6, 6.07) is 15.1. The van der Waals surface area contributed by atoms with Crippen molar-refractivity contribution >= 4 is 22.9 Å². The van der Waals surface area contributed by atoms with Crippen molar-refractivity contribution in [1.29, 1.82) is 0 Å². The number of hydrogen-bond acceptors (Lipinski definition) is 6. The number of thiazole rings is 1. The lowest BCUT2D eigenvalue weighted by Crippen LogP contribution is -1.88. The van der Waals surface area contributed by atoms with Crippen molar-refractivity contribution in [1.82, 2.24) is 15.1 Å². The van der Waals surface area contributed by atoms with Crippen molar-refractivity contribution in [2.45, 2.75) is 6.42 Å². The van der Waals surface area contributed by atoms with Crippen LogP contribution in [0.15, 0.2) is 58.4 Å². The lowest BCUT2D eigenvalue weighted by Gasteiger charge is -1.98. The van der Waals surface area contributed by atoms with Crippen molar-refractivity contribution in [3.8, 4) is 28.4 Å². The third-order valence-corrected chi connectivity index (χ3v) is 4.91. The maximum Gasteiger partial charge on any atom is 0.233 e. The van der Waals surface area contributed by atoms with Crippen LogP contribution >= 0.6 is 22.9 Å². The Bertz CT molecular complexity index is 1010. The minimum atomic E-state index is 0.501. The zero-order chi connectivity index (χ0) is 17.9. The summed E-state index contributed by atoms with van der Waals surface area (Å²) in [4.78, 5) is 9.10. The predicted molar refractivity (Wildman–Crippen MR) is 102 cm³/mol. The van der Waals surface area contributed by atoms with Gasteiger partial charge in [-0.25, -0.2) is 4.98 Å². The third-order valence-electron chi connectivity index (χ3n) is 3.81. The summed E-state index contributed by atoms with van der Waals surface area (Å²) in [5.74, 6) is 1.87. The number of methoxy groups -OCH3 is 1. The van der Waals surface area contributed by atoms with Gasteiger partial charge in [0.15, 0.2) is 0 Å². The van der Waals surface area contributed by atoms with Crippen molar-refractivity contribution in [3.05, 3.63) is 69.8 Å². The average molecular weight is 384 g/mol. The van der Waals surface area contributed by atoms with Crippen LogP contribution in [0.25, 0.3) is 22.6 Å². The van der Waals surface area contributed by atoms with Gasteiger partial charge in [-0.1, -0.05) is 28.9 Å². The van der Waals surface area contributed by atoms with Crippen LogP contribution in [0.4, 0.5) is 0 Å². The molecule has 0 N–H and O–H groups in total. The van der Waals surface area contributed by atoms with Gasteiger partial charge in [0, 0.05) is 21.5 Å². The average Bonchev–Trinajstić information content (AvgIpc) is 3.33. The molecule has 0 aliphatic heterocycles. The second-order valence-corrected chi connectivity index (χ2v) is 6.93.